The number of hydrogen-bond acceptors (Lipinski definition) is 12. The molecular formula is C44H30Cl2N10O2. The Bertz CT molecular complexity index is 2940. The molecule has 4 unspecified atom stereocenters. The van der Waals surface area contributed by atoms with E-state index in [9.17, 15) is 10.2 Å². The number of anilines is 2. The van der Waals surface area contributed by atoms with E-state index in [2.05, 4.69) is 45.5 Å². The van der Waals surface area contributed by atoms with Gasteiger partial charge in [0.25, 0.3) is 0 Å². The Morgan fingerprint density at radius 2 is 1.24 bits per heavy atom. The molecule has 2 aliphatic rings. The van der Waals surface area contributed by atoms with Crippen molar-refractivity contribution in [1.82, 2.24) is 29.9 Å². The van der Waals surface area contributed by atoms with Gasteiger partial charge in [0.05, 0.1) is 34.0 Å². The Hall–Kier alpha value is -7.02. The maximum Gasteiger partial charge on any atom is 0.223 e. The first-order valence-electron chi connectivity index (χ1n) is 18.4. The van der Waals surface area contributed by atoms with Crippen molar-refractivity contribution in [3.05, 3.63) is 166 Å². The van der Waals surface area contributed by atoms with E-state index >= 15 is 0 Å². The summed E-state index contributed by atoms with van der Waals surface area (Å²) >= 11 is 14.5. The van der Waals surface area contributed by atoms with Gasteiger partial charge >= 0.3 is 0 Å². The number of fused-ring (bicyclic) bond motifs is 2. The third-order valence-electron chi connectivity index (χ3n) is 10.3. The van der Waals surface area contributed by atoms with Gasteiger partial charge in [0.15, 0.2) is 0 Å². The van der Waals surface area contributed by atoms with Gasteiger partial charge in [-0.15, -0.1) is 0 Å². The largest absolute Gasteiger partial charge is 0.505 e. The van der Waals surface area contributed by atoms with Crippen molar-refractivity contribution in [1.29, 1.82) is 0 Å². The summed E-state index contributed by atoms with van der Waals surface area (Å²) in [7, 11) is 0. The predicted molar refractivity (Wildman–Crippen MR) is 226 cm³/mol. The zero-order valence-electron chi connectivity index (χ0n) is 30.2. The topological polar surface area (TPSA) is 167 Å². The first-order valence-corrected chi connectivity index (χ1v) is 19.1. The second-order valence-electron chi connectivity index (χ2n) is 13.8. The third-order valence-corrected chi connectivity index (χ3v) is 11.2. The van der Waals surface area contributed by atoms with Gasteiger partial charge < -0.3 is 20.8 Å². The van der Waals surface area contributed by atoms with Crippen molar-refractivity contribution in [2.24, 2.45) is 9.98 Å². The van der Waals surface area contributed by atoms with Crippen molar-refractivity contribution in [3.63, 3.8) is 0 Å². The number of phenols is 2. The Morgan fingerprint density at radius 1 is 0.569 bits per heavy atom. The third kappa shape index (κ3) is 6.47. The Balaban J connectivity index is 1.09. The molecule has 0 saturated carbocycles. The lowest BCUT2D eigenvalue weighted by atomic mass is 9.90. The number of nitrogens with zero attached hydrogens (tertiary/aromatic N) is 8. The molecule has 2 aliphatic heterocycles. The van der Waals surface area contributed by atoms with Gasteiger partial charge in [-0.05, 0) is 29.3 Å². The van der Waals surface area contributed by atoms with Crippen molar-refractivity contribution >= 4 is 69.2 Å². The molecule has 10 rings (SSSR count). The Labute approximate surface area is 341 Å². The predicted octanol–water partition coefficient (Wildman–Crippen LogP) is 9.40. The number of phenolic OH excluding ortho intramolecular Hbond substituents is 2. The van der Waals surface area contributed by atoms with Crippen LogP contribution in [0.1, 0.15) is 57.5 Å². The molecule has 12 nitrogen and oxygen atoms in total. The van der Waals surface area contributed by atoms with Crippen LogP contribution in [0.5, 0.6) is 11.5 Å². The molecule has 4 atom stereocenters. The maximum atomic E-state index is 12.1. The number of hydrogen-bond donors (Lipinski definition) is 4. The second kappa shape index (κ2) is 14.5. The number of aromatic nitrogens is 6. The Morgan fingerprint density at radius 3 is 1.98 bits per heavy atom. The van der Waals surface area contributed by atoms with E-state index in [0.717, 1.165) is 33.0 Å². The van der Waals surface area contributed by atoms with Crippen LogP contribution in [0, 0.1) is 0 Å². The highest BCUT2D eigenvalue weighted by atomic mass is 35.5. The maximum absolute atomic E-state index is 12.1. The van der Waals surface area contributed by atoms with Crippen LogP contribution in [0.2, 0.25) is 10.0 Å². The molecule has 0 saturated heterocycles. The summed E-state index contributed by atoms with van der Waals surface area (Å²) in [6, 6.07) is 24.7. The van der Waals surface area contributed by atoms with Crippen molar-refractivity contribution in [2.75, 3.05) is 10.6 Å². The van der Waals surface area contributed by atoms with Crippen LogP contribution in [-0.2, 0) is 0 Å². The minimum absolute atomic E-state index is 0.0133. The minimum atomic E-state index is -0.681. The number of halogens is 2. The smallest absolute Gasteiger partial charge is 0.223 e. The summed E-state index contributed by atoms with van der Waals surface area (Å²) < 4.78 is 0. The molecule has 0 bridgehead atoms. The number of nitrogens with one attached hydrogen (secondary N) is 2. The summed E-state index contributed by atoms with van der Waals surface area (Å²) in [6.45, 7) is 0. The van der Waals surface area contributed by atoms with Crippen LogP contribution >= 0.6 is 23.2 Å². The fraction of sp³-hybridized carbons (Fsp3) is 0.0909. The molecule has 58 heavy (non-hydrogen) atoms. The number of benzene rings is 4. The quantitative estimate of drug-likeness (QED) is 0.0990. The molecule has 6 heterocycles. The number of rotatable bonds is 11. The van der Waals surface area contributed by atoms with E-state index in [1.54, 1.807) is 43.2 Å². The zero-order chi connectivity index (χ0) is 39.3. The average molecular weight is 802 g/mol. The van der Waals surface area contributed by atoms with Gasteiger partial charge in [-0.25, -0.2) is 19.9 Å². The highest BCUT2D eigenvalue weighted by Crippen LogP contribution is 2.47. The van der Waals surface area contributed by atoms with E-state index in [-0.39, 0.29) is 23.6 Å². The first kappa shape index (κ1) is 35.4. The molecule has 0 fully saturated rings. The molecule has 0 radical (unpaired) electrons. The normalized spacial score (nSPS) is 16.3. The molecule has 8 aromatic rings. The van der Waals surface area contributed by atoms with Crippen molar-refractivity contribution in [3.8, 4) is 22.8 Å². The second-order valence-corrected chi connectivity index (χ2v) is 14.6. The Kier molecular flexibility index (Phi) is 8.84. The highest BCUT2D eigenvalue weighted by Gasteiger charge is 2.31. The lowest BCUT2D eigenvalue weighted by Crippen LogP contribution is -2.16. The SMILES string of the molecule is Oc1c(C(Nc2cnccn2)c2cccc(C3C=N3)c2Cl)ccc2ccc(-c3ccc(C(Nc4ncccn4)c4ccc5cccnc5c4O)c(Cl)c3C3C=N3)nc12. The molecule has 0 amide bonds. The van der Waals surface area contributed by atoms with Crippen LogP contribution in [0.3, 0.4) is 0 Å². The van der Waals surface area contributed by atoms with Gasteiger partial charge in [0.1, 0.15) is 40.4 Å². The summed E-state index contributed by atoms with van der Waals surface area (Å²) in [6.07, 6.45) is 13.4. The molecule has 0 aliphatic carbocycles. The van der Waals surface area contributed by atoms with Gasteiger partial charge in [-0.1, -0.05) is 89.9 Å². The van der Waals surface area contributed by atoms with E-state index in [1.807, 2.05) is 91.3 Å². The van der Waals surface area contributed by atoms with Crippen LogP contribution < -0.4 is 10.6 Å². The van der Waals surface area contributed by atoms with Gasteiger partial charge in [-0.3, -0.25) is 20.0 Å². The van der Waals surface area contributed by atoms with Gasteiger partial charge in [0, 0.05) is 82.0 Å². The van der Waals surface area contributed by atoms with Gasteiger partial charge in [0.2, 0.25) is 5.95 Å². The molecule has 282 valence electrons. The van der Waals surface area contributed by atoms with Crippen LogP contribution in [0.15, 0.2) is 132 Å². The number of aromatic hydroxyl groups is 2. The van der Waals surface area contributed by atoms with Gasteiger partial charge in [-0.2, -0.15) is 0 Å². The molecule has 4 aromatic heterocycles. The molecule has 4 aromatic carbocycles. The van der Waals surface area contributed by atoms with E-state index in [0.29, 0.717) is 55.2 Å². The highest BCUT2D eigenvalue weighted by molar-refractivity contribution is 6.33. The average Bonchev–Trinajstić information content (AvgIpc) is 4.20. The monoisotopic (exact) mass is 800 g/mol. The fourth-order valence-corrected chi connectivity index (χ4v) is 8.11. The standard InChI is InChI=1S/C44H30Cl2N10O2/c45-36-26(32-20-52-32)5-1-6-27(36)40(55-34-22-47-18-19-48-34)29-11-8-24-9-14-31(54-39(24)43(29)58)25-12-13-28(37(46)35(25)33-21-53-33)41(56-44-50-16-3-17-51-44)30-10-7-23-4-2-15-49-38(23)42(30)57/h1-22,32-33,40-41,57-58H,(H,48,55)(H,50,51,56). The van der Waals surface area contributed by atoms with Crippen molar-refractivity contribution < 1.29 is 10.2 Å². The minimum Gasteiger partial charge on any atom is -0.505 e. The molecule has 14 heteroatoms. The first-order chi connectivity index (χ1) is 28.4. The molecular weight excluding hydrogens is 771 g/mol. The summed E-state index contributed by atoms with van der Waals surface area (Å²) in [4.78, 5) is 35.8. The number of aliphatic imine (C=N–C) groups is 2. The van der Waals surface area contributed by atoms with Crippen LogP contribution in [0.4, 0.5) is 11.8 Å². The molecule has 4 N–H and O–H groups in total. The number of pyridine rings is 2. The summed E-state index contributed by atoms with van der Waals surface area (Å²) in [5, 5.41) is 33.0. The zero-order valence-corrected chi connectivity index (χ0v) is 31.8. The van der Waals surface area contributed by atoms with Crippen molar-refractivity contribution in [2.45, 2.75) is 24.2 Å². The fourth-order valence-electron chi connectivity index (χ4n) is 7.38. The summed E-state index contributed by atoms with van der Waals surface area (Å²) in [5.74, 6) is 0.839. The van der Waals surface area contributed by atoms with E-state index in [4.69, 9.17) is 28.2 Å². The van der Waals surface area contributed by atoms with E-state index in [1.165, 1.54) is 0 Å². The molecule has 0 spiro atoms. The lowest BCUT2D eigenvalue weighted by molar-refractivity contribution is 0.471. The van der Waals surface area contributed by atoms with Crippen LogP contribution in [-0.4, -0.2) is 52.5 Å². The van der Waals surface area contributed by atoms with E-state index < -0.39 is 12.1 Å². The lowest BCUT2D eigenvalue weighted by Gasteiger charge is -2.24. The summed E-state index contributed by atoms with van der Waals surface area (Å²) in [5.41, 5.74) is 6.24. The van der Waals surface area contributed by atoms with Crippen LogP contribution in [0.25, 0.3) is 33.1 Å².